The maximum Gasteiger partial charge on any atom is 0.314 e. The third kappa shape index (κ3) is 3.55. The van der Waals surface area contributed by atoms with Crippen LogP contribution in [0, 0.1) is 11.3 Å². The van der Waals surface area contributed by atoms with Crippen LogP contribution in [0.3, 0.4) is 0 Å². The van der Waals surface area contributed by atoms with Crippen LogP contribution in [0.15, 0.2) is 12.3 Å². The molecule has 8 heteroatoms. The molecule has 8 nitrogen and oxygen atoms in total. The van der Waals surface area contributed by atoms with E-state index in [4.69, 9.17) is 9.47 Å². The number of piperidine rings is 1. The number of fused-ring (bicyclic) bond motifs is 1. The summed E-state index contributed by atoms with van der Waals surface area (Å²) in [6.45, 7) is 6.83. The van der Waals surface area contributed by atoms with Crippen molar-refractivity contribution in [3.8, 4) is 0 Å². The third-order valence-corrected chi connectivity index (χ3v) is 6.74. The number of likely N-dealkylation sites (tertiary alicyclic amines) is 1. The summed E-state index contributed by atoms with van der Waals surface area (Å²) in [4.78, 5) is 30.2. The number of nitrogens with one attached hydrogen (secondary N) is 1. The summed E-state index contributed by atoms with van der Waals surface area (Å²) in [6.07, 6.45) is 5.13. The van der Waals surface area contributed by atoms with Crippen LogP contribution in [0.25, 0.3) is 0 Å². The molecule has 0 spiro atoms. The fraction of sp³-hybridized carbons (Fsp3) is 0.750. The first-order valence-electron chi connectivity index (χ1n) is 10.4. The molecule has 1 aliphatic carbocycles. The van der Waals surface area contributed by atoms with Gasteiger partial charge in [0.25, 0.3) is 5.91 Å². The molecule has 1 saturated carbocycles. The van der Waals surface area contributed by atoms with Crippen LogP contribution >= 0.6 is 0 Å². The molecule has 1 aromatic rings. The van der Waals surface area contributed by atoms with E-state index in [0.717, 1.165) is 52.0 Å². The number of nitrogens with zero attached hydrogens (tertiary/aromatic N) is 3. The van der Waals surface area contributed by atoms with Crippen LogP contribution in [0.1, 0.15) is 43.1 Å². The van der Waals surface area contributed by atoms with Gasteiger partial charge in [-0.25, -0.2) is 0 Å². The summed E-state index contributed by atoms with van der Waals surface area (Å²) in [6, 6.07) is 2.17. The van der Waals surface area contributed by atoms with Gasteiger partial charge in [-0.05, 0) is 44.6 Å². The number of rotatable bonds is 4. The lowest BCUT2D eigenvalue weighted by atomic mass is 9.61. The van der Waals surface area contributed by atoms with Crippen LogP contribution in [-0.4, -0.2) is 83.9 Å². The number of aromatic nitrogens is 2. The van der Waals surface area contributed by atoms with Gasteiger partial charge in [0.1, 0.15) is 5.69 Å². The van der Waals surface area contributed by atoms with Crippen LogP contribution in [0.4, 0.5) is 0 Å². The lowest BCUT2D eigenvalue weighted by Crippen LogP contribution is -2.59. The van der Waals surface area contributed by atoms with Gasteiger partial charge in [0.05, 0.1) is 25.2 Å². The van der Waals surface area contributed by atoms with Gasteiger partial charge in [-0.1, -0.05) is 0 Å². The Morgan fingerprint density at radius 1 is 1.32 bits per heavy atom. The zero-order chi connectivity index (χ0) is 19.6. The van der Waals surface area contributed by atoms with E-state index in [1.54, 1.807) is 17.2 Å². The van der Waals surface area contributed by atoms with Crippen LogP contribution in [0.5, 0.6) is 0 Å². The molecule has 0 bridgehead atoms. The molecular formula is C20H30N4O4. The molecule has 0 radical (unpaired) electrons. The fourth-order valence-electron chi connectivity index (χ4n) is 5.23. The Morgan fingerprint density at radius 2 is 2.14 bits per heavy atom. The third-order valence-electron chi connectivity index (χ3n) is 6.74. The predicted octanol–water partition coefficient (Wildman–Crippen LogP) is 1.31. The van der Waals surface area contributed by atoms with Crippen molar-refractivity contribution in [2.45, 2.75) is 38.6 Å². The largest absolute Gasteiger partial charge is 0.466 e. The molecule has 1 amide bonds. The molecule has 3 fully saturated rings. The summed E-state index contributed by atoms with van der Waals surface area (Å²) < 4.78 is 11.0. The summed E-state index contributed by atoms with van der Waals surface area (Å²) in [7, 11) is 0. The van der Waals surface area contributed by atoms with Gasteiger partial charge >= 0.3 is 5.97 Å². The van der Waals surface area contributed by atoms with Gasteiger partial charge in [-0.3, -0.25) is 19.6 Å². The van der Waals surface area contributed by atoms with E-state index in [1.807, 2.05) is 6.92 Å². The minimum absolute atomic E-state index is 0.0880. The van der Waals surface area contributed by atoms with Crippen LogP contribution in [0.2, 0.25) is 0 Å². The van der Waals surface area contributed by atoms with Crippen molar-refractivity contribution in [3.05, 3.63) is 18.0 Å². The van der Waals surface area contributed by atoms with Crippen molar-refractivity contribution in [2.75, 3.05) is 46.0 Å². The molecule has 28 heavy (non-hydrogen) atoms. The van der Waals surface area contributed by atoms with Gasteiger partial charge in [0, 0.05) is 38.4 Å². The van der Waals surface area contributed by atoms with Crippen molar-refractivity contribution >= 4 is 11.9 Å². The topological polar surface area (TPSA) is 87.8 Å². The number of amides is 1. The smallest absolute Gasteiger partial charge is 0.314 e. The molecule has 0 aromatic carbocycles. The summed E-state index contributed by atoms with van der Waals surface area (Å²) >= 11 is 0. The maximum absolute atomic E-state index is 13.1. The number of morpholine rings is 1. The van der Waals surface area contributed by atoms with E-state index in [9.17, 15) is 9.59 Å². The number of hydrogen-bond donors (Lipinski definition) is 1. The number of H-pyrrole nitrogens is 1. The Hall–Kier alpha value is -1.93. The van der Waals surface area contributed by atoms with E-state index >= 15 is 0 Å². The fourth-order valence-corrected chi connectivity index (χ4v) is 5.23. The Morgan fingerprint density at radius 3 is 2.86 bits per heavy atom. The average molecular weight is 390 g/mol. The number of ether oxygens (including phenoxy) is 2. The van der Waals surface area contributed by atoms with Crippen molar-refractivity contribution < 1.29 is 19.1 Å². The first-order valence-corrected chi connectivity index (χ1v) is 10.4. The van der Waals surface area contributed by atoms with Gasteiger partial charge in [0.15, 0.2) is 0 Å². The normalized spacial score (nSPS) is 31.2. The van der Waals surface area contributed by atoms with Crippen molar-refractivity contribution in [2.24, 2.45) is 11.3 Å². The molecule has 1 N–H and O–H groups in total. The Labute approximate surface area is 165 Å². The highest BCUT2D eigenvalue weighted by Gasteiger charge is 2.54. The Kier molecular flexibility index (Phi) is 5.68. The highest BCUT2D eigenvalue weighted by Crippen LogP contribution is 2.48. The molecule has 3 heterocycles. The van der Waals surface area contributed by atoms with E-state index in [-0.39, 0.29) is 17.8 Å². The average Bonchev–Trinajstić information content (AvgIpc) is 3.28. The molecule has 3 atom stereocenters. The van der Waals surface area contributed by atoms with Crippen molar-refractivity contribution in [3.63, 3.8) is 0 Å². The van der Waals surface area contributed by atoms with E-state index in [2.05, 4.69) is 15.1 Å². The maximum atomic E-state index is 13.1. The molecule has 2 saturated heterocycles. The predicted molar refractivity (Wildman–Crippen MR) is 102 cm³/mol. The number of aromatic amines is 1. The number of carbonyl (C=O) groups is 2. The second-order valence-electron chi connectivity index (χ2n) is 8.14. The molecular weight excluding hydrogens is 360 g/mol. The van der Waals surface area contributed by atoms with E-state index in [1.165, 1.54) is 0 Å². The first kappa shape index (κ1) is 19.4. The number of esters is 1. The van der Waals surface area contributed by atoms with Crippen molar-refractivity contribution in [1.82, 2.24) is 20.0 Å². The lowest BCUT2D eigenvalue weighted by molar-refractivity contribution is -0.168. The zero-order valence-corrected chi connectivity index (χ0v) is 16.6. The lowest BCUT2D eigenvalue weighted by Gasteiger charge is -2.52. The molecule has 2 aliphatic heterocycles. The minimum Gasteiger partial charge on any atom is -0.466 e. The van der Waals surface area contributed by atoms with Crippen molar-refractivity contribution in [1.29, 1.82) is 0 Å². The highest BCUT2D eigenvalue weighted by atomic mass is 16.5. The summed E-state index contributed by atoms with van der Waals surface area (Å²) in [5, 5.41) is 6.63. The zero-order valence-electron chi connectivity index (χ0n) is 16.6. The molecule has 154 valence electrons. The summed E-state index contributed by atoms with van der Waals surface area (Å²) in [5.74, 6) is 0.0245. The van der Waals surface area contributed by atoms with E-state index in [0.29, 0.717) is 31.4 Å². The molecule has 4 rings (SSSR count). The number of hydrogen-bond acceptors (Lipinski definition) is 6. The molecule has 3 aliphatic rings. The SMILES string of the molecule is CCOC(=O)[C@@]12CC[C@H](N3CCOCC3)C[C@H]1CCN(C(=O)c1ccn[nH]1)C2. The van der Waals surface area contributed by atoms with Crippen LogP contribution in [-0.2, 0) is 14.3 Å². The second kappa shape index (κ2) is 8.21. The van der Waals surface area contributed by atoms with Crippen LogP contribution < -0.4 is 0 Å². The van der Waals surface area contributed by atoms with Gasteiger partial charge in [-0.15, -0.1) is 0 Å². The molecule has 0 unspecified atom stereocenters. The first-order chi connectivity index (χ1) is 13.6. The van der Waals surface area contributed by atoms with Gasteiger partial charge in [-0.2, -0.15) is 5.10 Å². The Balaban J connectivity index is 1.52. The standard InChI is InChI=1S/C20H30N4O4/c1-2-28-19(26)20-6-3-16(23-9-11-27-12-10-23)13-15(20)5-8-24(14-20)18(25)17-4-7-21-22-17/h4,7,15-16H,2-3,5-6,8-14H2,1H3,(H,21,22)/t15-,16+,20-/m1/s1. The van der Waals surface area contributed by atoms with Gasteiger partial charge < -0.3 is 14.4 Å². The quantitative estimate of drug-likeness (QED) is 0.780. The monoisotopic (exact) mass is 390 g/mol. The molecule has 1 aromatic heterocycles. The number of carbonyl (C=O) groups excluding carboxylic acids is 2. The highest BCUT2D eigenvalue weighted by molar-refractivity contribution is 5.93. The summed E-state index contributed by atoms with van der Waals surface area (Å²) in [5.41, 5.74) is -0.119. The second-order valence-corrected chi connectivity index (χ2v) is 8.14. The van der Waals surface area contributed by atoms with E-state index < -0.39 is 5.41 Å². The van der Waals surface area contributed by atoms with Gasteiger partial charge in [0.2, 0.25) is 0 Å². The minimum atomic E-state index is -0.591. The Bertz CT molecular complexity index is 688.